The second-order valence-corrected chi connectivity index (χ2v) is 5.03. The molecule has 2 aromatic rings. The molecule has 0 fully saturated rings. The summed E-state index contributed by atoms with van der Waals surface area (Å²) in [5.74, 6) is -0.201. The standard InChI is InChI=1S/C13H16FN3S/c1-3-6-15-13(12-8-16-17-18-12)11-5-4-10(14)7-9(11)2/h4-5,7-8,13,15H,3,6H2,1-2H3. The fourth-order valence-electron chi connectivity index (χ4n) is 1.92. The predicted octanol–water partition coefficient (Wildman–Crippen LogP) is 3.07. The number of aromatic nitrogens is 2. The van der Waals surface area contributed by atoms with Crippen LogP contribution in [0.15, 0.2) is 24.4 Å². The molecule has 18 heavy (non-hydrogen) atoms. The summed E-state index contributed by atoms with van der Waals surface area (Å²) in [5, 5.41) is 7.33. The molecule has 96 valence electrons. The van der Waals surface area contributed by atoms with Gasteiger partial charge in [-0.3, -0.25) is 0 Å². The fraction of sp³-hybridized carbons (Fsp3) is 0.385. The Morgan fingerprint density at radius 1 is 1.44 bits per heavy atom. The summed E-state index contributed by atoms with van der Waals surface area (Å²) < 4.78 is 17.1. The van der Waals surface area contributed by atoms with E-state index in [1.165, 1.54) is 17.6 Å². The van der Waals surface area contributed by atoms with Crippen LogP contribution in [0.2, 0.25) is 0 Å². The Labute approximate surface area is 110 Å². The molecule has 1 atom stereocenters. The number of rotatable bonds is 5. The average molecular weight is 265 g/mol. The van der Waals surface area contributed by atoms with Crippen LogP contribution >= 0.6 is 11.5 Å². The molecular weight excluding hydrogens is 249 g/mol. The number of nitrogens with one attached hydrogen (secondary N) is 1. The fourth-order valence-corrected chi connectivity index (χ4v) is 2.52. The van der Waals surface area contributed by atoms with Gasteiger partial charge in [0.2, 0.25) is 0 Å². The zero-order valence-electron chi connectivity index (χ0n) is 10.5. The van der Waals surface area contributed by atoms with Crippen LogP contribution in [0.25, 0.3) is 0 Å². The van der Waals surface area contributed by atoms with Crippen molar-refractivity contribution in [3.8, 4) is 0 Å². The van der Waals surface area contributed by atoms with Gasteiger partial charge < -0.3 is 5.32 Å². The van der Waals surface area contributed by atoms with Gasteiger partial charge in [-0.25, -0.2) is 4.39 Å². The largest absolute Gasteiger partial charge is 0.305 e. The van der Waals surface area contributed by atoms with Gasteiger partial charge in [-0.2, -0.15) is 0 Å². The van der Waals surface area contributed by atoms with Crippen LogP contribution in [0.5, 0.6) is 0 Å². The minimum Gasteiger partial charge on any atom is -0.305 e. The van der Waals surface area contributed by atoms with Crippen LogP contribution in [-0.4, -0.2) is 16.1 Å². The van der Waals surface area contributed by atoms with E-state index < -0.39 is 0 Å². The van der Waals surface area contributed by atoms with Crippen molar-refractivity contribution in [1.29, 1.82) is 0 Å². The van der Waals surface area contributed by atoms with Crippen LogP contribution in [0.1, 0.15) is 35.4 Å². The Morgan fingerprint density at radius 2 is 2.28 bits per heavy atom. The lowest BCUT2D eigenvalue weighted by Gasteiger charge is -2.18. The molecule has 1 N–H and O–H groups in total. The first-order valence-corrected chi connectivity index (χ1v) is 6.76. The molecule has 1 aromatic heterocycles. The first kappa shape index (κ1) is 13.1. The van der Waals surface area contributed by atoms with Gasteiger partial charge in [-0.1, -0.05) is 17.5 Å². The molecule has 0 bridgehead atoms. The van der Waals surface area contributed by atoms with E-state index in [0.717, 1.165) is 29.0 Å². The van der Waals surface area contributed by atoms with Gasteiger partial charge in [0.25, 0.3) is 0 Å². The number of aryl methyl sites for hydroxylation is 1. The summed E-state index contributed by atoms with van der Waals surface area (Å²) in [4.78, 5) is 1.05. The third-order valence-electron chi connectivity index (χ3n) is 2.80. The maximum Gasteiger partial charge on any atom is 0.123 e. The quantitative estimate of drug-likeness (QED) is 0.902. The minimum absolute atomic E-state index is 0.0468. The minimum atomic E-state index is -0.201. The van der Waals surface area contributed by atoms with Crippen molar-refractivity contribution in [3.63, 3.8) is 0 Å². The summed E-state index contributed by atoms with van der Waals surface area (Å²) >= 11 is 1.37. The topological polar surface area (TPSA) is 37.8 Å². The van der Waals surface area contributed by atoms with Crippen molar-refractivity contribution >= 4 is 11.5 Å². The van der Waals surface area contributed by atoms with Gasteiger partial charge in [0, 0.05) is 0 Å². The summed E-state index contributed by atoms with van der Waals surface area (Å²) in [6.45, 7) is 4.94. The van der Waals surface area contributed by atoms with E-state index in [-0.39, 0.29) is 11.9 Å². The Kier molecular flexibility index (Phi) is 4.38. The molecule has 2 rings (SSSR count). The average Bonchev–Trinajstić information content (AvgIpc) is 2.85. The number of halogens is 1. The molecule has 0 spiro atoms. The van der Waals surface area contributed by atoms with Crippen molar-refractivity contribution < 1.29 is 4.39 Å². The molecule has 0 saturated carbocycles. The highest BCUT2D eigenvalue weighted by molar-refractivity contribution is 7.05. The van der Waals surface area contributed by atoms with Crippen molar-refractivity contribution in [1.82, 2.24) is 14.9 Å². The van der Waals surface area contributed by atoms with Crippen LogP contribution < -0.4 is 5.32 Å². The first-order valence-electron chi connectivity index (χ1n) is 5.99. The number of hydrogen-bond donors (Lipinski definition) is 1. The first-order chi connectivity index (χ1) is 8.72. The molecule has 1 heterocycles. The van der Waals surface area contributed by atoms with Gasteiger partial charge in [0.15, 0.2) is 0 Å². The molecule has 0 radical (unpaired) electrons. The van der Waals surface area contributed by atoms with E-state index in [1.54, 1.807) is 12.3 Å². The molecule has 0 aliphatic heterocycles. The summed E-state index contributed by atoms with van der Waals surface area (Å²) in [6, 6.07) is 4.94. The number of benzene rings is 1. The van der Waals surface area contributed by atoms with Crippen LogP contribution in [0, 0.1) is 12.7 Å². The zero-order valence-corrected chi connectivity index (χ0v) is 11.3. The van der Waals surface area contributed by atoms with E-state index in [4.69, 9.17) is 0 Å². The van der Waals surface area contributed by atoms with Crippen molar-refractivity contribution in [2.45, 2.75) is 26.3 Å². The predicted molar refractivity (Wildman–Crippen MR) is 71.2 cm³/mol. The molecule has 5 heteroatoms. The van der Waals surface area contributed by atoms with Gasteiger partial charge >= 0.3 is 0 Å². The van der Waals surface area contributed by atoms with Crippen molar-refractivity contribution in [2.24, 2.45) is 0 Å². The third-order valence-corrected chi connectivity index (χ3v) is 3.53. The van der Waals surface area contributed by atoms with Crippen LogP contribution in [0.4, 0.5) is 4.39 Å². The lowest BCUT2D eigenvalue weighted by Crippen LogP contribution is -2.23. The lowest BCUT2D eigenvalue weighted by molar-refractivity contribution is 0.595. The second-order valence-electron chi connectivity index (χ2n) is 4.21. The van der Waals surface area contributed by atoms with Gasteiger partial charge in [0.05, 0.1) is 17.1 Å². The second kappa shape index (κ2) is 6.02. The maximum absolute atomic E-state index is 13.2. The number of nitrogens with zero attached hydrogens (tertiary/aromatic N) is 2. The van der Waals surface area contributed by atoms with Crippen LogP contribution in [-0.2, 0) is 0 Å². The highest BCUT2D eigenvalue weighted by Gasteiger charge is 2.17. The Balaban J connectivity index is 2.33. The normalized spacial score (nSPS) is 12.6. The Morgan fingerprint density at radius 3 is 2.89 bits per heavy atom. The molecule has 1 aromatic carbocycles. The van der Waals surface area contributed by atoms with E-state index in [0.29, 0.717) is 0 Å². The summed E-state index contributed by atoms with van der Waals surface area (Å²) in [6.07, 6.45) is 2.81. The molecule has 3 nitrogen and oxygen atoms in total. The molecule has 0 aliphatic rings. The van der Waals surface area contributed by atoms with Gasteiger partial charge in [-0.15, -0.1) is 5.10 Å². The monoisotopic (exact) mass is 265 g/mol. The molecular formula is C13H16FN3S. The van der Waals surface area contributed by atoms with Crippen molar-refractivity contribution in [2.75, 3.05) is 6.54 Å². The Bertz CT molecular complexity index is 499. The van der Waals surface area contributed by atoms with Gasteiger partial charge in [-0.05, 0) is 54.7 Å². The van der Waals surface area contributed by atoms with E-state index in [2.05, 4.69) is 21.8 Å². The maximum atomic E-state index is 13.2. The summed E-state index contributed by atoms with van der Waals surface area (Å²) in [5.41, 5.74) is 2.02. The molecule has 0 aliphatic carbocycles. The van der Waals surface area contributed by atoms with Gasteiger partial charge in [0.1, 0.15) is 5.82 Å². The highest BCUT2D eigenvalue weighted by atomic mass is 32.1. The molecule has 0 amide bonds. The van der Waals surface area contributed by atoms with E-state index in [9.17, 15) is 4.39 Å². The summed E-state index contributed by atoms with van der Waals surface area (Å²) in [7, 11) is 0. The third kappa shape index (κ3) is 2.91. The number of hydrogen-bond acceptors (Lipinski definition) is 4. The molecule has 1 unspecified atom stereocenters. The highest BCUT2D eigenvalue weighted by Crippen LogP contribution is 2.26. The van der Waals surface area contributed by atoms with E-state index in [1.807, 2.05) is 13.0 Å². The smallest absolute Gasteiger partial charge is 0.123 e. The molecule has 0 saturated heterocycles. The van der Waals surface area contributed by atoms with Crippen LogP contribution in [0.3, 0.4) is 0 Å². The Hall–Kier alpha value is -1.33. The SMILES string of the molecule is CCCNC(c1cnns1)c1ccc(F)cc1C. The van der Waals surface area contributed by atoms with E-state index >= 15 is 0 Å². The van der Waals surface area contributed by atoms with Crippen molar-refractivity contribution in [3.05, 3.63) is 46.2 Å². The lowest BCUT2D eigenvalue weighted by atomic mass is 10.00. The zero-order chi connectivity index (χ0) is 13.0.